The number of nitrogens with zero attached hydrogens (tertiary/aromatic N) is 1. The van der Waals surface area contributed by atoms with Crippen molar-refractivity contribution in [2.45, 2.75) is 51.6 Å². The molecule has 0 bridgehead atoms. The Balaban J connectivity index is 2.05. The van der Waals surface area contributed by atoms with Gasteiger partial charge in [-0.3, -0.25) is 14.5 Å². The van der Waals surface area contributed by atoms with Crippen LogP contribution in [0.5, 0.6) is 0 Å². The first-order chi connectivity index (χ1) is 7.31. The average molecular weight is 225 g/mol. The lowest BCUT2D eigenvalue weighted by Gasteiger charge is -2.43. The predicted molar refractivity (Wildman–Crippen MR) is 58.5 cm³/mol. The third-order valence-electron chi connectivity index (χ3n) is 3.60. The van der Waals surface area contributed by atoms with E-state index in [0.717, 1.165) is 6.42 Å². The van der Waals surface area contributed by atoms with Gasteiger partial charge in [-0.1, -0.05) is 13.8 Å². The molecular weight excluding hydrogens is 206 g/mol. The minimum Gasteiger partial charge on any atom is -0.388 e. The Morgan fingerprint density at radius 2 is 1.69 bits per heavy atom. The smallest absolute Gasteiger partial charge is 0.229 e. The van der Waals surface area contributed by atoms with E-state index in [1.807, 2.05) is 13.8 Å². The maximum absolute atomic E-state index is 11.8. The molecule has 16 heavy (non-hydrogen) atoms. The molecule has 4 nitrogen and oxygen atoms in total. The van der Waals surface area contributed by atoms with Gasteiger partial charge in [-0.2, -0.15) is 0 Å². The van der Waals surface area contributed by atoms with Crippen LogP contribution in [0.3, 0.4) is 0 Å². The number of piperidine rings is 1. The number of amides is 2. The van der Waals surface area contributed by atoms with Gasteiger partial charge in [0.15, 0.2) is 0 Å². The first-order valence-corrected chi connectivity index (χ1v) is 5.87. The summed E-state index contributed by atoms with van der Waals surface area (Å²) < 4.78 is 0. The van der Waals surface area contributed by atoms with Crippen molar-refractivity contribution in [3.63, 3.8) is 0 Å². The van der Waals surface area contributed by atoms with Crippen LogP contribution in [0, 0.1) is 5.41 Å². The molecule has 2 rings (SSSR count). The summed E-state index contributed by atoms with van der Waals surface area (Å²) in [6, 6.07) is 0. The number of imide groups is 1. The van der Waals surface area contributed by atoms with Crippen molar-refractivity contribution in [2.24, 2.45) is 5.41 Å². The van der Waals surface area contributed by atoms with Crippen molar-refractivity contribution in [1.29, 1.82) is 0 Å². The second-order valence-corrected chi connectivity index (χ2v) is 5.97. The largest absolute Gasteiger partial charge is 0.388 e. The lowest BCUT2D eigenvalue weighted by molar-refractivity contribution is -0.159. The van der Waals surface area contributed by atoms with Gasteiger partial charge in [0.1, 0.15) is 0 Å². The Morgan fingerprint density at radius 1 is 1.19 bits per heavy atom. The Bertz CT molecular complexity index is 311. The van der Waals surface area contributed by atoms with Crippen LogP contribution in [-0.2, 0) is 9.59 Å². The second kappa shape index (κ2) is 3.55. The molecule has 1 saturated heterocycles. The van der Waals surface area contributed by atoms with Crippen LogP contribution < -0.4 is 0 Å². The molecule has 90 valence electrons. The average Bonchev–Trinajstić information content (AvgIpc) is 2.07. The molecule has 0 aromatic heterocycles. The van der Waals surface area contributed by atoms with E-state index >= 15 is 0 Å². The normalized spacial score (nSPS) is 27.8. The molecule has 2 amide bonds. The first kappa shape index (κ1) is 11.6. The third kappa shape index (κ3) is 2.12. The fourth-order valence-corrected chi connectivity index (χ4v) is 2.42. The van der Waals surface area contributed by atoms with Crippen LogP contribution in [0.1, 0.15) is 46.0 Å². The van der Waals surface area contributed by atoms with E-state index in [0.29, 0.717) is 25.7 Å². The van der Waals surface area contributed by atoms with Crippen LogP contribution in [0.25, 0.3) is 0 Å². The highest BCUT2D eigenvalue weighted by Gasteiger charge is 2.43. The van der Waals surface area contributed by atoms with E-state index in [9.17, 15) is 14.7 Å². The van der Waals surface area contributed by atoms with Gasteiger partial charge in [-0.25, -0.2) is 0 Å². The molecule has 1 N–H and O–H groups in total. The number of hydrogen-bond donors (Lipinski definition) is 1. The minimum absolute atomic E-state index is 0.137. The standard InChI is InChI=1S/C12H19NO3/c1-11(2)6-9(14)13(10(15)7-11)8-12(16)4-3-5-12/h16H,3-8H2,1-2H3. The molecule has 0 aromatic rings. The first-order valence-electron chi connectivity index (χ1n) is 5.87. The van der Waals surface area contributed by atoms with Crippen LogP contribution in [0.15, 0.2) is 0 Å². The van der Waals surface area contributed by atoms with E-state index in [1.165, 1.54) is 4.90 Å². The SMILES string of the molecule is CC1(C)CC(=O)N(CC2(O)CCC2)C(=O)C1. The Hall–Kier alpha value is -0.900. The van der Waals surface area contributed by atoms with E-state index in [-0.39, 0.29) is 23.8 Å². The molecular formula is C12H19NO3. The number of β-amino-alcohol motifs (C(OH)–C–C–N with tert-alkyl or cyclic N) is 1. The van der Waals surface area contributed by atoms with Crippen molar-refractivity contribution in [3.05, 3.63) is 0 Å². The van der Waals surface area contributed by atoms with Gasteiger partial charge in [0.05, 0.1) is 12.1 Å². The zero-order valence-corrected chi connectivity index (χ0v) is 9.95. The molecule has 4 heteroatoms. The topological polar surface area (TPSA) is 57.6 Å². The number of likely N-dealkylation sites (tertiary alicyclic amines) is 1. The third-order valence-corrected chi connectivity index (χ3v) is 3.60. The number of hydrogen-bond acceptors (Lipinski definition) is 3. The highest BCUT2D eigenvalue weighted by molar-refractivity contribution is 5.98. The molecule has 1 saturated carbocycles. The van der Waals surface area contributed by atoms with Gasteiger partial charge in [0.2, 0.25) is 11.8 Å². The van der Waals surface area contributed by atoms with Crippen LogP contribution >= 0.6 is 0 Å². The Morgan fingerprint density at radius 3 is 2.06 bits per heavy atom. The van der Waals surface area contributed by atoms with Gasteiger partial charge in [-0.15, -0.1) is 0 Å². The number of rotatable bonds is 2. The molecule has 0 aromatic carbocycles. The van der Waals surface area contributed by atoms with E-state index < -0.39 is 5.60 Å². The molecule has 2 aliphatic rings. The van der Waals surface area contributed by atoms with E-state index in [1.54, 1.807) is 0 Å². The molecule has 1 aliphatic carbocycles. The van der Waals surface area contributed by atoms with Crippen LogP contribution in [0.2, 0.25) is 0 Å². The maximum atomic E-state index is 11.8. The van der Waals surface area contributed by atoms with Gasteiger partial charge in [0, 0.05) is 12.8 Å². The fraction of sp³-hybridized carbons (Fsp3) is 0.833. The van der Waals surface area contributed by atoms with E-state index in [4.69, 9.17) is 0 Å². The minimum atomic E-state index is -0.799. The zero-order valence-electron chi connectivity index (χ0n) is 9.95. The monoisotopic (exact) mass is 225 g/mol. The molecule has 0 unspecified atom stereocenters. The summed E-state index contributed by atoms with van der Waals surface area (Å²) >= 11 is 0. The summed E-state index contributed by atoms with van der Waals surface area (Å²) in [5, 5.41) is 9.98. The van der Waals surface area contributed by atoms with Gasteiger partial charge in [-0.05, 0) is 24.7 Å². The number of carbonyl (C=O) groups is 2. The number of aliphatic hydroxyl groups is 1. The maximum Gasteiger partial charge on any atom is 0.229 e. The summed E-state index contributed by atoms with van der Waals surface area (Å²) in [6.07, 6.45) is 3.18. The van der Waals surface area contributed by atoms with Crippen molar-refractivity contribution in [1.82, 2.24) is 4.90 Å². The van der Waals surface area contributed by atoms with Crippen molar-refractivity contribution in [2.75, 3.05) is 6.54 Å². The Kier molecular flexibility index (Phi) is 2.57. The van der Waals surface area contributed by atoms with Crippen LogP contribution in [0.4, 0.5) is 0 Å². The highest BCUT2D eigenvalue weighted by atomic mass is 16.3. The molecule has 1 heterocycles. The van der Waals surface area contributed by atoms with E-state index in [2.05, 4.69) is 0 Å². The Labute approximate surface area is 95.6 Å². The lowest BCUT2D eigenvalue weighted by atomic mass is 9.77. The van der Waals surface area contributed by atoms with Crippen molar-refractivity contribution in [3.8, 4) is 0 Å². The van der Waals surface area contributed by atoms with Crippen LogP contribution in [-0.4, -0.2) is 34.0 Å². The molecule has 1 aliphatic heterocycles. The quantitative estimate of drug-likeness (QED) is 0.715. The molecule has 2 fully saturated rings. The fourth-order valence-electron chi connectivity index (χ4n) is 2.42. The summed E-state index contributed by atoms with van der Waals surface area (Å²) in [5.41, 5.74) is -1.03. The second-order valence-electron chi connectivity index (χ2n) is 5.97. The van der Waals surface area contributed by atoms with Gasteiger partial charge in [0.25, 0.3) is 0 Å². The van der Waals surface area contributed by atoms with Gasteiger partial charge >= 0.3 is 0 Å². The summed E-state index contributed by atoms with van der Waals surface area (Å²) in [4.78, 5) is 24.9. The van der Waals surface area contributed by atoms with Crippen molar-refractivity contribution >= 4 is 11.8 Å². The van der Waals surface area contributed by atoms with Crippen molar-refractivity contribution < 1.29 is 14.7 Å². The van der Waals surface area contributed by atoms with Gasteiger partial charge < -0.3 is 5.11 Å². The molecule has 0 spiro atoms. The highest BCUT2D eigenvalue weighted by Crippen LogP contribution is 2.36. The summed E-state index contributed by atoms with van der Waals surface area (Å²) in [5.74, 6) is -0.275. The summed E-state index contributed by atoms with van der Waals surface area (Å²) in [6.45, 7) is 4.05. The number of carbonyl (C=O) groups excluding carboxylic acids is 2. The zero-order chi connectivity index (χ0) is 12.0. The summed E-state index contributed by atoms with van der Waals surface area (Å²) in [7, 11) is 0. The molecule has 0 atom stereocenters. The molecule has 0 radical (unpaired) electrons. The predicted octanol–water partition coefficient (Wildman–Crippen LogP) is 1.08. The lowest BCUT2D eigenvalue weighted by Crippen LogP contribution is -2.55.